The lowest BCUT2D eigenvalue weighted by molar-refractivity contribution is -0.217. The molecule has 0 N–H and O–H groups in total. The van der Waals surface area contributed by atoms with Gasteiger partial charge in [-0.15, -0.1) is 0 Å². The Morgan fingerprint density at radius 2 is 1.68 bits per heavy atom. The minimum atomic E-state index is -4.94. The number of nitrogens with zero attached hydrogens (tertiary/aromatic N) is 4. The van der Waals surface area contributed by atoms with Crippen LogP contribution in [0.2, 0.25) is 0 Å². The zero-order valence-corrected chi connectivity index (χ0v) is 22.1. The molecule has 2 aromatic carbocycles. The van der Waals surface area contributed by atoms with Gasteiger partial charge >= 0.3 is 12.4 Å². The van der Waals surface area contributed by atoms with E-state index in [0.29, 0.717) is 31.0 Å². The molecular weight excluding hydrogens is 558 g/mol. The summed E-state index contributed by atoms with van der Waals surface area (Å²) < 4.78 is 94.1. The number of ether oxygens (including phenoxy) is 2. The minimum absolute atomic E-state index is 0.0542. The molecule has 0 spiro atoms. The predicted molar refractivity (Wildman–Crippen MR) is 133 cm³/mol. The standard InChI is InChI=1S/C27H24F6N4O4/c1-25(2,27(31,32)33)24(39)36-10-9-19-18(13-36)22(26(28,29)30)34-37(19)17-6-4-5-15(11-17)23(38)35(3)16-7-8-20-21(12-16)41-14-40-20/h4-8,11-12H,9-10,13-14H2,1-3H3. The van der Waals surface area contributed by atoms with Crippen molar-refractivity contribution >= 4 is 17.5 Å². The Bertz CT molecular complexity index is 1530. The van der Waals surface area contributed by atoms with Gasteiger partial charge in [-0.25, -0.2) is 4.68 Å². The lowest BCUT2D eigenvalue weighted by Gasteiger charge is -2.35. The number of hydrogen-bond donors (Lipinski definition) is 0. The Morgan fingerprint density at radius 3 is 2.37 bits per heavy atom. The van der Waals surface area contributed by atoms with Crippen LogP contribution in [0.5, 0.6) is 11.5 Å². The molecule has 1 aromatic heterocycles. The first-order chi connectivity index (χ1) is 19.1. The molecule has 0 fully saturated rings. The molecule has 218 valence electrons. The van der Waals surface area contributed by atoms with Crippen LogP contribution in [0.4, 0.5) is 32.0 Å². The van der Waals surface area contributed by atoms with E-state index in [4.69, 9.17) is 9.47 Å². The van der Waals surface area contributed by atoms with Crippen LogP contribution >= 0.6 is 0 Å². The smallest absolute Gasteiger partial charge is 0.435 e. The Balaban J connectivity index is 1.47. The van der Waals surface area contributed by atoms with Gasteiger partial charge in [0.1, 0.15) is 5.41 Å². The van der Waals surface area contributed by atoms with Crippen LogP contribution in [-0.4, -0.2) is 53.1 Å². The van der Waals surface area contributed by atoms with Gasteiger partial charge in [0.15, 0.2) is 17.2 Å². The topological polar surface area (TPSA) is 76.9 Å². The van der Waals surface area contributed by atoms with Gasteiger partial charge in [0.05, 0.1) is 11.4 Å². The first kappa shape index (κ1) is 28.3. The van der Waals surface area contributed by atoms with Crippen LogP contribution in [0.25, 0.3) is 5.69 Å². The van der Waals surface area contributed by atoms with Crippen molar-refractivity contribution in [2.45, 2.75) is 39.2 Å². The van der Waals surface area contributed by atoms with Crippen molar-refractivity contribution in [3.63, 3.8) is 0 Å². The second kappa shape index (κ2) is 9.70. The van der Waals surface area contributed by atoms with Gasteiger partial charge in [-0.05, 0) is 44.2 Å². The van der Waals surface area contributed by atoms with Crippen LogP contribution < -0.4 is 14.4 Å². The molecule has 0 saturated heterocycles. The summed E-state index contributed by atoms with van der Waals surface area (Å²) in [5.41, 5.74) is -3.57. The van der Waals surface area contributed by atoms with Crippen molar-refractivity contribution < 1.29 is 45.4 Å². The summed E-state index contributed by atoms with van der Waals surface area (Å²) >= 11 is 0. The van der Waals surface area contributed by atoms with Gasteiger partial charge < -0.3 is 19.3 Å². The number of rotatable bonds is 4. The Kier molecular flexibility index (Phi) is 6.70. The molecule has 2 amide bonds. The molecule has 41 heavy (non-hydrogen) atoms. The van der Waals surface area contributed by atoms with Gasteiger partial charge in [0, 0.05) is 49.4 Å². The van der Waals surface area contributed by atoms with Crippen LogP contribution in [0, 0.1) is 5.41 Å². The quantitative estimate of drug-likeness (QED) is 0.387. The second-order valence-corrected chi connectivity index (χ2v) is 10.2. The van der Waals surface area contributed by atoms with E-state index in [1.807, 2.05) is 0 Å². The number of benzene rings is 2. The lowest BCUT2D eigenvalue weighted by Crippen LogP contribution is -2.50. The summed E-state index contributed by atoms with van der Waals surface area (Å²) in [5, 5.41) is 3.76. The normalized spacial score (nSPS) is 15.1. The first-order valence-corrected chi connectivity index (χ1v) is 12.4. The number of aromatic nitrogens is 2. The fraction of sp³-hybridized carbons (Fsp3) is 0.370. The highest BCUT2D eigenvalue weighted by atomic mass is 19.4. The maximum atomic E-state index is 14.0. The monoisotopic (exact) mass is 582 g/mol. The zero-order valence-electron chi connectivity index (χ0n) is 22.1. The number of hydrogen-bond acceptors (Lipinski definition) is 5. The molecule has 0 radical (unpaired) electrons. The predicted octanol–water partition coefficient (Wildman–Crippen LogP) is 5.37. The highest BCUT2D eigenvalue weighted by Crippen LogP contribution is 2.42. The van der Waals surface area contributed by atoms with Crippen LogP contribution in [0.3, 0.4) is 0 Å². The van der Waals surface area contributed by atoms with E-state index in [-0.39, 0.29) is 42.3 Å². The number of carbonyl (C=O) groups is 2. The molecule has 0 unspecified atom stereocenters. The van der Waals surface area contributed by atoms with Crippen molar-refractivity contribution in [2.75, 3.05) is 25.3 Å². The summed E-state index contributed by atoms with van der Waals surface area (Å²) in [4.78, 5) is 28.1. The number of carbonyl (C=O) groups excluding carboxylic acids is 2. The SMILES string of the molecule is CN(C(=O)c1cccc(-n2nc(C(F)(F)F)c3c2CCN(C(=O)C(C)(C)C(F)(F)F)C3)c1)c1ccc2c(c1)OCO2. The highest BCUT2D eigenvalue weighted by molar-refractivity contribution is 6.06. The molecule has 8 nitrogen and oxygen atoms in total. The number of anilines is 1. The van der Waals surface area contributed by atoms with Gasteiger partial charge in [0.25, 0.3) is 5.91 Å². The average Bonchev–Trinajstić information content (AvgIpc) is 3.55. The van der Waals surface area contributed by atoms with Crippen LogP contribution in [0.15, 0.2) is 42.5 Å². The molecule has 2 aliphatic rings. The summed E-state index contributed by atoms with van der Waals surface area (Å²) in [7, 11) is 1.53. The number of amides is 2. The van der Waals surface area contributed by atoms with E-state index in [9.17, 15) is 35.9 Å². The summed E-state index contributed by atoms with van der Waals surface area (Å²) in [5.74, 6) is -0.794. The molecule has 5 rings (SSSR count). The van der Waals surface area contributed by atoms with Crippen molar-refractivity contribution in [3.8, 4) is 17.2 Å². The first-order valence-electron chi connectivity index (χ1n) is 12.4. The zero-order chi connectivity index (χ0) is 29.9. The number of fused-ring (bicyclic) bond motifs is 2. The second-order valence-electron chi connectivity index (χ2n) is 10.2. The van der Waals surface area contributed by atoms with Crippen molar-refractivity contribution in [1.29, 1.82) is 0 Å². The minimum Gasteiger partial charge on any atom is -0.454 e. The Labute approximate surface area is 230 Å². The maximum absolute atomic E-state index is 14.0. The van der Waals surface area contributed by atoms with E-state index in [1.54, 1.807) is 18.2 Å². The van der Waals surface area contributed by atoms with E-state index >= 15 is 0 Å². The van der Waals surface area contributed by atoms with Crippen molar-refractivity contribution in [2.24, 2.45) is 5.41 Å². The number of halogens is 6. The Morgan fingerprint density at radius 1 is 0.976 bits per heavy atom. The third kappa shape index (κ3) is 4.95. The third-order valence-electron chi connectivity index (χ3n) is 7.24. The molecule has 0 atom stereocenters. The van der Waals surface area contributed by atoms with Gasteiger partial charge in [-0.1, -0.05) is 6.07 Å². The maximum Gasteiger partial charge on any atom is 0.435 e. The lowest BCUT2D eigenvalue weighted by atomic mass is 9.89. The molecule has 14 heteroatoms. The largest absolute Gasteiger partial charge is 0.454 e. The molecule has 0 aliphatic carbocycles. The van der Waals surface area contributed by atoms with Gasteiger partial charge in [-0.3, -0.25) is 9.59 Å². The van der Waals surface area contributed by atoms with Crippen LogP contribution in [-0.2, 0) is 23.9 Å². The fourth-order valence-electron chi connectivity index (χ4n) is 4.73. The van der Waals surface area contributed by atoms with E-state index < -0.39 is 41.8 Å². The summed E-state index contributed by atoms with van der Waals surface area (Å²) in [6.45, 7) is 0.524. The molecule has 3 heterocycles. The molecule has 0 bridgehead atoms. The summed E-state index contributed by atoms with van der Waals surface area (Å²) in [6, 6.07) is 10.8. The number of alkyl halides is 6. The average molecular weight is 583 g/mol. The summed E-state index contributed by atoms with van der Waals surface area (Å²) in [6.07, 6.45) is -10.00. The molecule has 3 aromatic rings. The van der Waals surface area contributed by atoms with E-state index in [2.05, 4.69) is 5.10 Å². The highest BCUT2D eigenvalue weighted by Gasteiger charge is 2.55. The van der Waals surface area contributed by atoms with Gasteiger partial charge in [0.2, 0.25) is 12.7 Å². The molecule has 0 saturated carbocycles. The fourth-order valence-corrected chi connectivity index (χ4v) is 4.73. The van der Waals surface area contributed by atoms with Gasteiger partial charge in [-0.2, -0.15) is 31.4 Å². The van der Waals surface area contributed by atoms with Crippen molar-refractivity contribution in [3.05, 3.63) is 65.0 Å². The molecule has 2 aliphatic heterocycles. The third-order valence-corrected chi connectivity index (χ3v) is 7.24. The Hall–Kier alpha value is -4.23. The van der Waals surface area contributed by atoms with E-state index in [0.717, 1.165) is 9.58 Å². The molecular formula is C27H24F6N4O4. The van der Waals surface area contributed by atoms with Crippen molar-refractivity contribution in [1.82, 2.24) is 14.7 Å². The van der Waals surface area contributed by atoms with Crippen LogP contribution in [0.1, 0.15) is 41.2 Å². The van der Waals surface area contributed by atoms with E-state index in [1.165, 1.54) is 36.2 Å².